The number of anilines is 1. The van der Waals surface area contributed by atoms with Crippen LogP contribution in [-0.4, -0.2) is 25.2 Å². The maximum absolute atomic E-state index is 12.6. The van der Waals surface area contributed by atoms with E-state index in [4.69, 9.17) is 9.47 Å². The molecule has 2 rings (SSSR count). The summed E-state index contributed by atoms with van der Waals surface area (Å²) >= 11 is 0. The van der Waals surface area contributed by atoms with E-state index in [1.54, 1.807) is 11.0 Å². The Balaban J connectivity index is 2.08. The van der Waals surface area contributed by atoms with Gasteiger partial charge in [-0.15, -0.1) is 0 Å². The Bertz CT molecular complexity index is 626. The molecule has 122 valence electrons. The lowest BCUT2D eigenvalue weighted by atomic mass is 10.2. The number of hydrogen-bond donors (Lipinski definition) is 0. The van der Waals surface area contributed by atoms with Crippen molar-refractivity contribution < 1.29 is 14.3 Å². The molecule has 0 aliphatic carbocycles. The van der Waals surface area contributed by atoms with Crippen LogP contribution < -0.4 is 14.4 Å². The summed E-state index contributed by atoms with van der Waals surface area (Å²) in [6.45, 7) is 6.41. The second-order valence-electron chi connectivity index (χ2n) is 5.36. The van der Waals surface area contributed by atoms with Gasteiger partial charge in [-0.2, -0.15) is 0 Å². The summed E-state index contributed by atoms with van der Waals surface area (Å²) in [5.74, 6) is 1.15. The van der Waals surface area contributed by atoms with E-state index in [9.17, 15) is 4.79 Å². The summed E-state index contributed by atoms with van der Waals surface area (Å²) in [5, 5.41) is 0. The molecule has 4 heteroatoms. The topological polar surface area (TPSA) is 38.8 Å². The van der Waals surface area contributed by atoms with Crippen molar-refractivity contribution in [1.82, 2.24) is 0 Å². The third-order valence-corrected chi connectivity index (χ3v) is 3.32. The minimum Gasteiger partial charge on any atom is -0.490 e. The van der Waals surface area contributed by atoms with Crippen LogP contribution >= 0.6 is 0 Å². The summed E-state index contributed by atoms with van der Waals surface area (Å²) < 4.78 is 11.2. The predicted octanol–water partition coefficient (Wildman–Crippen LogP) is 3.91. The molecule has 0 saturated carbocycles. The highest BCUT2D eigenvalue weighted by atomic mass is 16.5. The van der Waals surface area contributed by atoms with Crippen LogP contribution in [0, 0.1) is 0 Å². The summed E-state index contributed by atoms with van der Waals surface area (Å²) in [7, 11) is 0. The van der Waals surface area contributed by atoms with Crippen LogP contribution in [0.3, 0.4) is 0 Å². The maximum atomic E-state index is 12.6. The minimum atomic E-state index is -0.0856. The monoisotopic (exact) mass is 313 g/mol. The number of para-hydroxylation sites is 3. The number of nitrogens with zero attached hydrogens (tertiary/aromatic N) is 1. The number of ether oxygens (including phenoxy) is 2. The molecular formula is C19H23NO3. The lowest BCUT2D eigenvalue weighted by Gasteiger charge is -2.27. The van der Waals surface area contributed by atoms with E-state index in [1.165, 1.54) is 0 Å². The van der Waals surface area contributed by atoms with E-state index in [0.717, 1.165) is 5.69 Å². The quantitative estimate of drug-likeness (QED) is 0.778. The van der Waals surface area contributed by atoms with Crippen molar-refractivity contribution >= 4 is 11.6 Å². The van der Waals surface area contributed by atoms with Gasteiger partial charge in [0.1, 0.15) is 0 Å². The number of amides is 1. The third kappa shape index (κ3) is 4.49. The van der Waals surface area contributed by atoms with E-state index in [1.807, 2.05) is 69.3 Å². The fourth-order valence-corrected chi connectivity index (χ4v) is 2.37. The highest BCUT2D eigenvalue weighted by Crippen LogP contribution is 2.26. The normalized spacial score (nSPS) is 10.4. The van der Waals surface area contributed by atoms with E-state index >= 15 is 0 Å². The Morgan fingerprint density at radius 3 is 2.09 bits per heavy atom. The molecule has 0 radical (unpaired) electrons. The zero-order valence-electron chi connectivity index (χ0n) is 13.9. The molecular weight excluding hydrogens is 290 g/mol. The van der Waals surface area contributed by atoms with Gasteiger partial charge < -0.3 is 14.4 Å². The second-order valence-corrected chi connectivity index (χ2v) is 5.36. The van der Waals surface area contributed by atoms with Gasteiger partial charge in [-0.25, -0.2) is 0 Å². The van der Waals surface area contributed by atoms with Crippen LogP contribution in [0.1, 0.15) is 20.8 Å². The fraction of sp³-hybridized carbons (Fsp3) is 0.316. The van der Waals surface area contributed by atoms with Crippen LogP contribution in [0.15, 0.2) is 54.6 Å². The fourth-order valence-electron chi connectivity index (χ4n) is 2.37. The number of hydrogen-bond acceptors (Lipinski definition) is 3. The van der Waals surface area contributed by atoms with Crippen LogP contribution in [-0.2, 0) is 4.79 Å². The highest BCUT2D eigenvalue weighted by Gasteiger charge is 2.19. The van der Waals surface area contributed by atoms with E-state index in [0.29, 0.717) is 18.1 Å². The van der Waals surface area contributed by atoms with Gasteiger partial charge in [0.2, 0.25) is 0 Å². The Kier molecular flexibility index (Phi) is 6.03. The van der Waals surface area contributed by atoms with Crippen LogP contribution in [0.4, 0.5) is 5.69 Å². The molecule has 0 fully saturated rings. The van der Waals surface area contributed by atoms with Crippen molar-refractivity contribution in [3.8, 4) is 11.5 Å². The average Bonchev–Trinajstić information content (AvgIpc) is 2.55. The van der Waals surface area contributed by atoms with Gasteiger partial charge in [-0.3, -0.25) is 4.79 Å². The van der Waals surface area contributed by atoms with E-state index in [-0.39, 0.29) is 18.6 Å². The standard InChI is InChI=1S/C19H23NO3/c1-4-22-17-12-8-9-13-18(17)23-14-19(21)20(15(2)3)16-10-6-5-7-11-16/h5-13,15H,4,14H2,1-3H3. The molecule has 0 atom stereocenters. The molecule has 0 bridgehead atoms. The number of carbonyl (C=O) groups is 1. The van der Waals surface area contributed by atoms with Crippen LogP contribution in [0.25, 0.3) is 0 Å². The van der Waals surface area contributed by atoms with Gasteiger partial charge >= 0.3 is 0 Å². The second kappa shape index (κ2) is 8.22. The first kappa shape index (κ1) is 16.9. The molecule has 0 aliphatic heterocycles. The molecule has 2 aromatic rings. The molecule has 0 spiro atoms. The van der Waals surface area contributed by atoms with Gasteiger partial charge in [-0.1, -0.05) is 30.3 Å². The minimum absolute atomic E-state index is 0.0306. The van der Waals surface area contributed by atoms with E-state index < -0.39 is 0 Å². The Morgan fingerprint density at radius 2 is 1.52 bits per heavy atom. The van der Waals surface area contributed by atoms with Crippen molar-refractivity contribution in [2.45, 2.75) is 26.8 Å². The Hall–Kier alpha value is -2.49. The molecule has 4 nitrogen and oxygen atoms in total. The lowest BCUT2D eigenvalue weighted by Crippen LogP contribution is -2.40. The van der Waals surface area contributed by atoms with Gasteiger partial charge in [-0.05, 0) is 45.0 Å². The SMILES string of the molecule is CCOc1ccccc1OCC(=O)N(c1ccccc1)C(C)C. The smallest absolute Gasteiger partial charge is 0.265 e. The average molecular weight is 313 g/mol. The molecule has 0 saturated heterocycles. The number of rotatable bonds is 7. The van der Waals surface area contributed by atoms with Gasteiger partial charge in [0.15, 0.2) is 18.1 Å². The molecule has 23 heavy (non-hydrogen) atoms. The largest absolute Gasteiger partial charge is 0.490 e. The zero-order chi connectivity index (χ0) is 16.7. The van der Waals surface area contributed by atoms with Crippen LogP contribution in [0.2, 0.25) is 0 Å². The molecule has 0 unspecified atom stereocenters. The predicted molar refractivity (Wildman–Crippen MR) is 92.2 cm³/mol. The van der Waals surface area contributed by atoms with Crippen molar-refractivity contribution in [3.63, 3.8) is 0 Å². The number of benzene rings is 2. The summed E-state index contributed by atoms with van der Waals surface area (Å²) in [5.41, 5.74) is 0.870. The lowest BCUT2D eigenvalue weighted by molar-refractivity contribution is -0.120. The van der Waals surface area contributed by atoms with E-state index in [2.05, 4.69) is 0 Å². The van der Waals surface area contributed by atoms with Gasteiger partial charge in [0.25, 0.3) is 5.91 Å². The molecule has 2 aromatic carbocycles. The maximum Gasteiger partial charge on any atom is 0.265 e. The molecule has 0 aromatic heterocycles. The molecule has 0 aliphatic rings. The van der Waals surface area contributed by atoms with Gasteiger partial charge in [0, 0.05) is 11.7 Å². The van der Waals surface area contributed by atoms with Crippen molar-refractivity contribution in [2.75, 3.05) is 18.1 Å². The zero-order valence-corrected chi connectivity index (χ0v) is 13.9. The molecule has 0 N–H and O–H groups in total. The highest BCUT2D eigenvalue weighted by molar-refractivity contribution is 5.94. The number of carbonyl (C=O) groups excluding carboxylic acids is 1. The summed E-state index contributed by atoms with van der Waals surface area (Å²) in [6.07, 6.45) is 0. The molecule has 0 heterocycles. The molecule has 1 amide bonds. The van der Waals surface area contributed by atoms with Crippen molar-refractivity contribution in [1.29, 1.82) is 0 Å². The third-order valence-electron chi connectivity index (χ3n) is 3.32. The first-order chi connectivity index (χ1) is 11.1. The summed E-state index contributed by atoms with van der Waals surface area (Å²) in [4.78, 5) is 14.3. The van der Waals surface area contributed by atoms with Crippen molar-refractivity contribution in [2.24, 2.45) is 0 Å². The first-order valence-electron chi connectivity index (χ1n) is 7.85. The Labute approximate surface area is 137 Å². The van der Waals surface area contributed by atoms with Crippen LogP contribution in [0.5, 0.6) is 11.5 Å². The first-order valence-corrected chi connectivity index (χ1v) is 7.85. The Morgan fingerprint density at radius 1 is 0.957 bits per heavy atom. The summed E-state index contributed by atoms with van der Waals surface area (Å²) in [6, 6.07) is 17.0. The van der Waals surface area contributed by atoms with Gasteiger partial charge in [0.05, 0.1) is 6.61 Å². The van der Waals surface area contributed by atoms with Crippen molar-refractivity contribution in [3.05, 3.63) is 54.6 Å².